The number of piperazine rings is 1. The van der Waals surface area contributed by atoms with Crippen molar-refractivity contribution < 1.29 is 4.39 Å². The lowest BCUT2D eigenvalue weighted by Crippen LogP contribution is -2.44. The summed E-state index contributed by atoms with van der Waals surface area (Å²) in [5, 5.41) is 7.29. The highest BCUT2D eigenvalue weighted by atomic mass is 19.1. The summed E-state index contributed by atoms with van der Waals surface area (Å²) in [6.07, 6.45) is 8.64. The number of anilines is 3. The molecule has 5 heterocycles. The summed E-state index contributed by atoms with van der Waals surface area (Å²) in [4.78, 5) is 19.9. The smallest absolute Gasteiger partial charge is 0.238 e. The van der Waals surface area contributed by atoms with E-state index in [9.17, 15) is 4.39 Å². The van der Waals surface area contributed by atoms with E-state index in [2.05, 4.69) is 30.0 Å². The van der Waals surface area contributed by atoms with Gasteiger partial charge < -0.3 is 15.5 Å². The first-order valence-electron chi connectivity index (χ1n) is 11.3. The van der Waals surface area contributed by atoms with E-state index in [0.29, 0.717) is 23.4 Å². The molecule has 0 atom stereocenters. The molecule has 1 aliphatic carbocycles. The summed E-state index contributed by atoms with van der Waals surface area (Å²) in [6.45, 7) is 3.22. The van der Waals surface area contributed by atoms with E-state index in [0.717, 1.165) is 42.9 Å². The molecule has 0 unspecified atom stereocenters. The molecular weight excluding hydrogens is 407 g/mol. The van der Waals surface area contributed by atoms with E-state index in [1.807, 2.05) is 23.2 Å². The van der Waals surface area contributed by atoms with Crippen LogP contribution in [0.5, 0.6) is 0 Å². The van der Waals surface area contributed by atoms with E-state index < -0.39 is 5.95 Å². The van der Waals surface area contributed by atoms with E-state index >= 15 is 0 Å². The molecule has 4 aromatic heterocycles. The topological polar surface area (TPSA) is 83.3 Å². The van der Waals surface area contributed by atoms with Crippen molar-refractivity contribution in [3.8, 4) is 0 Å². The van der Waals surface area contributed by atoms with Gasteiger partial charge in [-0.1, -0.05) is 12.8 Å². The van der Waals surface area contributed by atoms with Crippen molar-refractivity contribution in [3.63, 3.8) is 0 Å². The van der Waals surface area contributed by atoms with Crippen molar-refractivity contribution in [3.05, 3.63) is 48.3 Å². The average molecular weight is 433 g/mol. The van der Waals surface area contributed by atoms with E-state index in [1.54, 1.807) is 18.3 Å². The first-order chi connectivity index (χ1) is 15.8. The van der Waals surface area contributed by atoms with Crippen LogP contribution in [0, 0.1) is 5.95 Å². The third-order valence-corrected chi connectivity index (χ3v) is 6.54. The summed E-state index contributed by atoms with van der Waals surface area (Å²) in [5.41, 5.74) is 3.42. The predicted octanol–water partition coefficient (Wildman–Crippen LogP) is 3.62. The molecule has 0 aromatic carbocycles. The molecule has 0 radical (unpaired) electrons. The number of halogens is 1. The van der Waals surface area contributed by atoms with Crippen molar-refractivity contribution in [2.75, 3.05) is 36.4 Å². The van der Waals surface area contributed by atoms with Crippen LogP contribution in [0.2, 0.25) is 0 Å². The molecule has 164 valence electrons. The van der Waals surface area contributed by atoms with Gasteiger partial charge >= 0.3 is 0 Å². The highest BCUT2D eigenvalue weighted by Crippen LogP contribution is 2.35. The van der Waals surface area contributed by atoms with Gasteiger partial charge in [-0.25, -0.2) is 15.0 Å². The molecule has 4 aromatic rings. The number of nitrogens with zero attached hydrogens (tertiary/aromatic N) is 6. The van der Waals surface area contributed by atoms with Crippen molar-refractivity contribution >= 4 is 34.1 Å². The van der Waals surface area contributed by atoms with E-state index in [4.69, 9.17) is 4.98 Å². The molecule has 0 bridgehead atoms. The second kappa shape index (κ2) is 7.98. The Balaban J connectivity index is 1.34. The molecule has 6 rings (SSSR count). The Bertz CT molecular complexity index is 1270. The molecule has 8 nitrogen and oxygen atoms in total. The molecule has 1 aliphatic heterocycles. The van der Waals surface area contributed by atoms with Crippen LogP contribution in [0.3, 0.4) is 0 Å². The van der Waals surface area contributed by atoms with Gasteiger partial charge in [-0.05, 0) is 37.1 Å². The molecule has 2 fully saturated rings. The standard InChI is InChI=1S/C23H25FN8/c24-21-17(31-11-9-25-10-12-31)6-7-19(28-21)29-23-27-13-16-5-8-20-26-14-18(15-3-1-2-4-15)32(20)22(16)30-23/h5-8,13-15,25H,1-4,9-12H2,(H,27,28,29,30). The van der Waals surface area contributed by atoms with Crippen molar-refractivity contribution in [2.24, 2.45) is 0 Å². The number of hydrogen-bond acceptors (Lipinski definition) is 7. The Morgan fingerprint density at radius 3 is 2.62 bits per heavy atom. The van der Waals surface area contributed by atoms with Crippen LogP contribution < -0.4 is 15.5 Å². The Labute approximate surface area is 184 Å². The Morgan fingerprint density at radius 2 is 1.81 bits per heavy atom. The molecular formula is C23H25FN8. The maximum Gasteiger partial charge on any atom is 0.238 e. The fourth-order valence-corrected chi connectivity index (χ4v) is 4.89. The van der Waals surface area contributed by atoms with Gasteiger partial charge in [0.05, 0.1) is 5.69 Å². The Kier molecular flexibility index (Phi) is 4.83. The monoisotopic (exact) mass is 432 g/mol. The molecule has 2 aliphatic rings. The van der Waals surface area contributed by atoms with Gasteiger partial charge in [0.2, 0.25) is 11.9 Å². The number of pyridine rings is 2. The summed E-state index contributed by atoms with van der Waals surface area (Å²) >= 11 is 0. The second-order valence-corrected chi connectivity index (χ2v) is 8.53. The second-order valence-electron chi connectivity index (χ2n) is 8.53. The summed E-state index contributed by atoms with van der Waals surface area (Å²) in [7, 11) is 0. The molecule has 1 saturated heterocycles. The third kappa shape index (κ3) is 3.42. The first-order valence-corrected chi connectivity index (χ1v) is 11.3. The van der Waals surface area contributed by atoms with Crippen LogP contribution in [0.25, 0.3) is 16.7 Å². The molecule has 0 amide bonds. The number of imidazole rings is 1. The van der Waals surface area contributed by atoms with E-state index in [1.165, 1.54) is 31.4 Å². The Morgan fingerprint density at radius 1 is 0.969 bits per heavy atom. The maximum atomic E-state index is 14.7. The highest BCUT2D eigenvalue weighted by Gasteiger charge is 2.22. The molecule has 0 spiro atoms. The number of nitrogens with one attached hydrogen (secondary N) is 2. The largest absolute Gasteiger partial charge is 0.365 e. The number of rotatable bonds is 4. The molecule has 9 heteroatoms. The summed E-state index contributed by atoms with van der Waals surface area (Å²) < 4.78 is 16.9. The van der Waals surface area contributed by atoms with Crippen molar-refractivity contribution in [2.45, 2.75) is 31.6 Å². The van der Waals surface area contributed by atoms with Crippen LogP contribution in [-0.2, 0) is 0 Å². The lowest BCUT2D eigenvalue weighted by atomic mass is 10.1. The van der Waals surface area contributed by atoms with Crippen LogP contribution in [0.1, 0.15) is 37.3 Å². The summed E-state index contributed by atoms with van der Waals surface area (Å²) in [6, 6.07) is 7.53. The van der Waals surface area contributed by atoms with Gasteiger partial charge in [0.25, 0.3) is 0 Å². The van der Waals surface area contributed by atoms with Crippen LogP contribution in [-0.4, -0.2) is 50.5 Å². The fourth-order valence-electron chi connectivity index (χ4n) is 4.89. The van der Waals surface area contributed by atoms with Crippen LogP contribution >= 0.6 is 0 Å². The average Bonchev–Trinajstić information content (AvgIpc) is 3.50. The minimum absolute atomic E-state index is 0.384. The minimum Gasteiger partial charge on any atom is -0.365 e. The zero-order valence-electron chi connectivity index (χ0n) is 17.8. The zero-order chi connectivity index (χ0) is 21.5. The predicted molar refractivity (Wildman–Crippen MR) is 122 cm³/mol. The number of aromatic nitrogens is 5. The lowest BCUT2D eigenvalue weighted by Gasteiger charge is -2.29. The van der Waals surface area contributed by atoms with E-state index in [-0.39, 0.29) is 0 Å². The minimum atomic E-state index is -0.488. The summed E-state index contributed by atoms with van der Waals surface area (Å²) in [5.74, 6) is 0.793. The number of fused-ring (bicyclic) bond motifs is 3. The number of hydrogen-bond donors (Lipinski definition) is 2. The Hall–Kier alpha value is -3.33. The molecule has 2 N–H and O–H groups in total. The zero-order valence-corrected chi connectivity index (χ0v) is 17.8. The highest BCUT2D eigenvalue weighted by molar-refractivity contribution is 5.79. The quantitative estimate of drug-likeness (QED) is 0.477. The third-order valence-electron chi connectivity index (χ3n) is 6.54. The first kappa shape index (κ1) is 19.4. The van der Waals surface area contributed by atoms with Crippen LogP contribution in [0.4, 0.5) is 21.8 Å². The van der Waals surface area contributed by atoms with Gasteiger partial charge in [-0.2, -0.15) is 9.37 Å². The van der Waals surface area contributed by atoms with Gasteiger partial charge in [-0.15, -0.1) is 0 Å². The normalized spacial score (nSPS) is 17.5. The molecule has 32 heavy (non-hydrogen) atoms. The van der Waals surface area contributed by atoms with Gasteiger partial charge in [-0.3, -0.25) is 4.40 Å². The SMILES string of the molecule is Fc1nc(Nc2ncc3ccc4ncc(C5CCCC5)n4c3n2)ccc1N1CCNCC1. The molecule has 1 saturated carbocycles. The lowest BCUT2D eigenvalue weighted by molar-refractivity contribution is 0.549. The van der Waals surface area contributed by atoms with Gasteiger partial charge in [0, 0.05) is 55.6 Å². The van der Waals surface area contributed by atoms with Crippen molar-refractivity contribution in [1.29, 1.82) is 0 Å². The fraction of sp³-hybridized carbons (Fsp3) is 0.391. The van der Waals surface area contributed by atoms with Gasteiger partial charge in [0.15, 0.2) is 5.65 Å². The van der Waals surface area contributed by atoms with Crippen LogP contribution in [0.15, 0.2) is 36.7 Å². The maximum absolute atomic E-state index is 14.7. The van der Waals surface area contributed by atoms with Gasteiger partial charge in [0.1, 0.15) is 11.5 Å². The van der Waals surface area contributed by atoms with Crippen molar-refractivity contribution in [1.82, 2.24) is 29.7 Å².